The summed E-state index contributed by atoms with van der Waals surface area (Å²) in [6.07, 6.45) is 5.78. The van der Waals surface area contributed by atoms with Gasteiger partial charge in [-0.05, 0) is 55.4 Å². The molecule has 7 nitrogen and oxygen atoms in total. The molecule has 5 rings (SSSR count). The highest BCUT2D eigenvalue weighted by Crippen LogP contribution is 2.33. The zero-order chi connectivity index (χ0) is 22.9. The number of amides is 2. The predicted octanol–water partition coefficient (Wildman–Crippen LogP) is 4.40. The Bertz CT molecular complexity index is 994. The van der Waals surface area contributed by atoms with Crippen molar-refractivity contribution >= 4 is 34.9 Å². The zero-order valence-electron chi connectivity index (χ0n) is 18.4. The van der Waals surface area contributed by atoms with Gasteiger partial charge in [-0.25, -0.2) is 9.78 Å². The monoisotopic (exact) mass is 490 g/mol. The summed E-state index contributed by atoms with van der Waals surface area (Å²) in [7, 11) is 0. The molecule has 1 N–H and O–H groups in total. The van der Waals surface area contributed by atoms with Gasteiger partial charge < -0.3 is 19.6 Å². The molecule has 2 aliphatic heterocycles. The molecular weight excluding hydrogens is 463 g/mol. The van der Waals surface area contributed by atoms with Gasteiger partial charge in [0.2, 0.25) is 5.88 Å². The zero-order valence-corrected chi connectivity index (χ0v) is 19.9. The number of benzene rings is 1. The summed E-state index contributed by atoms with van der Waals surface area (Å²) in [5.74, 6) is 1.54. The van der Waals surface area contributed by atoms with E-state index in [1.54, 1.807) is 29.3 Å². The average molecular weight is 491 g/mol. The number of rotatable bonds is 7. The van der Waals surface area contributed by atoms with Crippen LogP contribution in [0.4, 0.5) is 10.5 Å². The Balaban J connectivity index is 1.15. The number of anilines is 1. The van der Waals surface area contributed by atoms with Crippen LogP contribution in [0.1, 0.15) is 31.2 Å². The fraction of sp³-hybridized carbons (Fsp3) is 0.500. The number of hydrogen-bond donors (Lipinski definition) is 1. The Morgan fingerprint density at radius 3 is 2.55 bits per heavy atom. The number of hydrogen-bond acceptors (Lipinski definition) is 5. The second-order valence-corrected chi connectivity index (χ2v) is 10.0. The van der Waals surface area contributed by atoms with E-state index in [0.29, 0.717) is 28.2 Å². The van der Waals surface area contributed by atoms with E-state index in [1.807, 2.05) is 12.1 Å². The second kappa shape index (κ2) is 9.66. The van der Waals surface area contributed by atoms with Gasteiger partial charge in [-0.2, -0.15) is 0 Å². The molecule has 2 aromatic rings. The normalized spacial score (nSPS) is 22.3. The first kappa shape index (κ1) is 22.7. The Kier molecular flexibility index (Phi) is 6.65. The minimum atomic E-state index is -0.988. The summed E-state index contributed by atoms with van der Waals surface area (Å²) in [4.78, 5) is 22.8. The number of β-amino-alcohol motifs (C(OH)–C–C–N with tert-alkyl or cyclic N) is 1. The number of halogens is 2. The number of likely N-dealkylation sites (tertiary alicyclic amines) is 1. The largest absolute Gasteiger partial charge is 0.474 e. The first-order valence-corrected chi connectivity index (χ1v) is 12.3. The van der Waals surface area contributed by atoms with Gasteiger partial charge >= 0.3 is 6.03 Å². The highest BCUT2D eigenvalue weighted by Gasteiger charge is 2.38. The van der Waals surface area contributed by atoms with E-state index in [4.69, 9.17) is 27.9 Å². The highest BCUT2D eigenvalue weighted by atomic mass is 35.5. The fourth-order valence-electron chi connectivity index (χ4n) is 4.55. The van der Waals surface area contributed by atoms with Crippen LogP contribution in [0.3, 0.4) is 0 Å². The lowest BCUT2D eigenvalue weighted by Crippen LogP contribution is -2.39. The van der Waals surface area contributed by atoms with Gasteiger partial charge in [0.15, 0.2) is 6.23 Å². The number of aliphatic hydroxyl groups excluding tert-OH is 1. The standard InChI is InChI=1S/C24H28Cl2N4O3/c25-18-4-5-21(20(26)11-18)30-23(31)15-29(24(30)32)14-17-3-6-22(27-12-17)33-19-7-9-28(10-8-19)13-16-1-2-16/h3-6,11-12,16,19,23,31H,1-2,7-10,13-15H2. The Morgan fingerprint density at radius 2 is 1.88 bits per heavy atom. The molecule has 1 saturated carbocycles. The lowest BCUT2D eigenvalue weighted by atomic mass is 10.1. The molecule has 2 amide bonds. The first-order valence-electron chi connectivity index (χ1n) is 11.5. The first-order chi connectivity index (χ1) is 16.0. The molecule has 0 radical (unpaired) electrons. The van der Waals surface area contributed by atoms with Crippen LogP contribution in [-0.4, -0.2) is 64.4 Å². The van der Waals surface area contributed by atoms with E-state index in [1.165, 1.54) is 24.3 Å². The van der Waals surface area contributed by atoms with Crippen LogP contribution in [0.5, 0.6) is 5.88 Å². The van der Waals surface area contributed by atoms with Gasteiger partial charge in [-0.15, -0.1) is 0 Å². The third-order valence-corrected chi connectivity index (χ3v) is 7.07. The molecule has 1 atom stereocenters. The van der Waals surface area contributed by atoms with Crippen LogP contribution in [0.25, 0.3) is 0 Å². The number of pyridine rings is 1. The lowest BCUT2D eigenvalue weighted by molar-refractivity contribution is 0.0944. The Hall–Kier alpha value is -2.06. The SMILES string of the molecule is O=C1N(Cc2ccc(OC3CCN(CC4CC4)CC3)nc2)CC(O)N1c1ccc(Cl)cc1Cl. The van der Waals surface area contributed by atoms with Crippen molar-refractivity contribution in [1.82, 2.24) is 14.8 Å². The summed E-state index contributed by atoms with van der Waals surface area (Å²) in [5, 5.41) is 11.3. The van der Waals surface area contributed by atoms with E-state index < -0.39 is 6.23 Å². The van der Waals surface area contributed by atoms with Gasteiger partial charge in [-0.1, -0.05) is 29.3 Å². The molecule has 3 aliphatic rings. The molecule has 176 valence electrons. The number of nitrogens with zero attached hydrogens (tertiary/aromatic N) is 4. The van der Waals surface area contributed by atoms with Gasteiger partial charge in [0, 0.05) is 43.5 Å². The third-order valence-electron chi connectivity index (χ3n) is 6.53. The molecule has 3 heterocycles. The topological polar surface area (TPSA) is 69.1 Å². The van der Waals surface area contributed by atoms with Crippen LogP contribution < -0.4 is 9.64 Å². The molecule has 0 bridgehead atoms. The second-order valence-electron chi connectivity index (χ2n) is 9.18. The van der Waals surface area contributed by atoms with Crippen molar-refractivity contribution in [2.75, 3.05) is 31.1 Å². The summed E-state index contributed by atoms with van der Waals surface area (Å²) in [6.45, 7) is 3.94. The number of carbonyl (C=O) groups excluding carboxylic acids is 1. The van der Waals surface area contributed by atoms with Crippen molar-refractivity contribution in [2.45, 2.75) is 44.6 Å². The number of aliphatic hydroxyl groups is 1. The van der Waals surface area contributed by atoms with Crippen LogP contribution in [0.2, 0.25) is 10.0 Å². The fourth-order valence-corrected chi connectivity index (χ4v) is 5.05. The number of carbonyl (C=O) groups is 1. The smallest absolute Gasteiger partial charge is 0.327 e. The maximum absolute atomic E-state index is 12.9. The molecule has 1 aliphatic carbocycles. The van der Waals surface area contributed by atoms with Crippen LogP contribution in [0, 0.1) is 5.92 Å². The van der Waals surface area contributed by atoms with E-state index in [-0.39, 0.29) is 18.7 Å². The summed E-state index contributed by atoms with van der Waals surface area (Å²) in [5.41, 5.74) is 1.30. The maximum atomic E-state index is 12.9. The number of piperidine rings is 1. The van der Waals surface area contributed by atoms with E-state index in [0.717, 1.165) is 37.4 Å². The van der Waals surface area contributed by atoms with Crippen LogP contribution in [-0.2, 0) is 6.54 Å². The highest BCUT2D eigenvalue weighted by molar-refractivity contribution is 6.36. The molecule has 0 spiro atoms. The van der Waals surface area contributed by atoms with E-state index in [9.17, 15) is 9.90 Å². The predicted molar refractivity (Wildman–Crippen MR) is 128 cm³/mol. The Morgan fingerprint density at radius 1 is 1.09 bits per heavy atom. The van der Waals surface area contributed by atoms with Gasteiger partial charge in [-0.3, -0.25) is 4.90 Å². The quantitative estimate of drug-likeness (QED) is 0.622. The van der Waals surface area contributed by atoms with Crippen molar-refractivity contribution < 1.29 is 14.6 Å². The van der Waals surface area contributed by atoms with Gasteiger partial charge in [0.25, 0.3) is 0 Å². The van der Waals surface area contributed by atoms with Crippen LogP contribution >= 0.6 is 23.2 Å². The summed E-state index contributed by atoms with van der Waals surface area (Å²) in [6, 6.07) is 8.30. The maximum Gasteiger partial charge on any atom is 0.327 e. The minimum absolute atomic E-state index is 0.176. The lowest BCUT2D eigenvalue weighted by Gasteiger charge is -2.31. The molecule has 1 aromatic heterocycles. The minimum Gasteiger partial charge on any atom is -0.474 e. The molecule has 1 aromatic carbocycles. The Labute approximate surface area is 203 Å². The number of ether oxygens (including phenoxy) is 1. The average Bonchev–Trinajstić information content (AvgIpc) is 3.57. The van der Waals surface area contributed by atoms with E-state index in [2.05, 4.69) is 9.88 Å². The van der Waals surface area contributed by atoms with Gasteiger partial charge in [0.05, 0.1) is 17.3 Å². The third kappa shape index (κ3) is 5.38. The summed E-state index contributed by atoms with van der Waals surface area (Å²) >= 11 is 12.2. The van der Waals surface area contributed by atoms with Crippen molar-refractivity contribution in [1.29, 1.82) is 0 Å². The molecule has 3 fully saturated rings. The van der Waals surface area contributed by atoms with E-state index >= 15 is 0 Å². The van der Waals surface area contributed by atoms with Gasteiger partial charge in [0.1, 0.15) is 6.10 Å². The van der Waals surface area contributed by atoms with Crippen LogP contribution in [0.15, 0.2) is 36.5 Å². The summed E-state index contributed by atoms with van der Waals surface area (Å²) < 4.78 is 6.09. The molecule has 2 saturated heterocycles. The molecule has 9 heteroatoms. The molecule has 1 unspecified atom stereocenters. The molecule has 33 heavy (non-hydrogen) atoms. The van der Waals surface area contributed by atoms with Crippen molar-refractivity contribution in [3.63, 3.8) is 0 Å². The van der Waals surface area contributed by atoms with Crippen molar-refractivity contribution in [3.05, 3.63) is 52.1 Å². The molecular formula is C24H28Cl2N4O3. The van der Waals surface area contributed by atoms with Crippen molar-refractivity contribution in [2.24, 2.45) is 5.92 Å². The number of aromatic nitrogens is 1. The number of urea groups is 1. The van der Waals surface area contributed by atoms with Crippen molar-refractivity contribution in [3.8, 4) is 5.88 Å².